The number of rotatable bonds is 6. The lowest BCUT2D eigenvalue weighted by molar-refractivity contribution is -0.0461. The van der Waals surface area contributed by atoms with Crippen LogP contribution in [0.3, 0.4) is 0 Å². The summed E-state index contributed by atoms with van der Waals surface area (Å²) in [6.07, 6.45) is 2.25. The van der Waals surface area contributed by atoms with Crippen molar-refractivity contribution in [2.24, 2.45) is 5.84 Å². The average Bonchev–Trinajstić information content (AvgIpc) is 2.82. The zero-order valence-electron chi connectivity index (χ0n) is 11.3. The number of hydrazine groups is 1. The standard InChI is InChI=1S/C13H22BrN3OS/c1-2-4-17-5-6-18-12(9-17)11(16-15)8-13-10(14)3-7-19-13/h3,7,11-12,16H,2,4-6,8-9,15H2,1H3. The third kappa shape index (κ3) is 4.24. The average molecular weight is 348 g/mol. The highest BCUT2D eigenvalue weighted by Crippen LogP contribution is 2.25. The molecule has 0 bridgehead atoms. The van der Waals surface area contributed by atoms with E-state index in [2.05, 4.69) is 44.6 Å². The Morgan fingerprint density at radius 2 is 2.53 bits per heavy atom. The fraction of sp³-hybridized carbons (Fsp3) is 0.692. The molecule has 6 heteroatoms. The Labute approximate surface area is 127 Å². The van der Waals surface area contributed by atoms with Crippen molar-refractivity contribution in [1.29, 1.82) is 0 Å². The van der Waals surface area contributed by atoms with Crippen molar-refractivity contribution in [2.75, 3.05) is 26.2 Å². The molecule has 1 fully saturated rings. The minimum absolute atomic E-state index is 0.162. The van der Waals surface area contributed by atoms with Gasteiger partial charge in [0, 0.05) is 28.9 Å². The van der Waals surface area contributed by atoms with E-state index in [0.29, 0.717) is 0 Å². The Hall–Kier alpha value is 0.0200. The fourth-order valence-electron chi connectivity index (χ4n) is 2.46. The van der Waals surface area contributed by atoms with E-state index in [1.165, 1.54) is 15.8 Å². The third-order valence-electron chi connectivity index (χ3n) is 3.48. The van der Waals surface area contributed by atoms with Gasteiger partial charge in [-0.2, -0.15) is 0 Å². The topological polar surface area (TPSA) is 50.5 Å². The molecule has 1 aliphatic heterocycles. The van der Waals surface area contributed by atoms with Gasteiger partial charge in [-0.25, -0.2) is 0 Å². The third-order valence-corrected chi connectivity index (χ3v) is 5.43. The molecule has 108 valence electrons. The lowest BCUT2D eigenvalue weighted by atomic mass is 10.1. The molecule has 2 rings (SSSR count). The molecule has 1 saturated heterocycles. The molecule has 0 aliphatic carbocycles. The quantitative estimate of drug-likeness (QED) is 0.610. The SMILES string of the molecule is CCCN1CCOC(C(Cc2sccc2Br)NN)C1. The van der Waals surface area contributed by atoms with Gasteiger partial charge in [0.1, 0.15) is 0 Å². The van der Waals surface area contributed by atoms with Gasteiger partial charge in [0.25, 0.3) is 0 Å². The number of morpholine rings is 1. The van der Waals surface area contributed by atoms with Gasteiger partial charge >= 0.3 is 0 Å². The summed E-state index contributed by atoms with van der Waals surface area (Å²) in [5.41, 5.74) is 2.93. The van der Waals surface area contributed by atoms with Gasteiger partial charge < -0.3 is 4.74 Å². The van der Waals surface area contributed by atoms with E-state index >= 15 is 0 Å². The van der Waals surface area contributed by atoms with Gasteiger partial charge in [-0.05, 0) is 40.3 Å². The van der Waals surface area contributed by atoms with Gasteiger partial charge in [-0.1, -0.05) is 6.92 Å². The second kappa shape index (κ2) is 7.71. The number of hydrogen-bond acceptors (Lipinski definition) is 5. The van der Waals surface area contributed by atoms with Crippen molar-refractivity contribution < 1.29 is 4.74 Å². The van der Waals surface area contributed by atoms with Crippen molar-refractivity contribution in [3.05, 3.63) is 20.8 Å². The van der Waals surface area contributed by atoms with Crippen LogP contribution >= 0.6 is 27.3 Å². The second-order valence-electron chi connectivity index (χ2n) is 4.88. The highest BCUT2D eigenvalue weighted by Gasteiger charge is 2.28. The summed E-state index contributed by atoms with van der Waals surface area (Å²) in [7, 11) is 0. The zero-order chi connectivity index (χ0) is 13.7. The summed E-state index contributed by atoms with van der Waals surface area (Å²) >= 11 is 5.33. The summed E-state index contributed by atoms with van der Waals surface area (Å²) in [5, 5.41) is 2.10. The Balaban J connectivity index is 1.95. The van der Waals surface area contributed by atoms with Crippen LogP contribution in [0.15, 0.2) is 15.9 Å². The largest absolute Gasteiger partial charge is 0.374 e. The van der Waals surface area contributed by atoms with Crippen LogP contribution in [0.25, 0.3) is 0 Å². The van der Waals surface area contributed by atoms with Crippen LogP contribution in [0, 0.1) is 0 Å². The minimum atomic E-state index is 0.162. The van der Waals surface area contributed by atoms with E-state index in [1.807, 2.05) is 0 Å². The molecule has 0 radical (unpaired) electrons. The van der Waals surface area contributed by atoms with Gasteiger partial charge in [0.2, 0.25) is 0 Å². The first-order chi connectivity index (χ1) is 9.24. The molecule has 0 saturated carbocycles. The van der Waals surface area contributed by atoms with Crippen molar-refractivity contribution in [3.8, 4) is 0 Å². The maximum absolute atomic E-state index is 5.90. The minimum Gasteiger partial charge on any atom is -0.374 e. The summed E-state index contributed by atoms with van der Waals surface area (Å²) < 4.78 is 7.07. The molecular weight excluding hydrogens is 326 g/mol. The van der Waals surface area contributed by atoms with Crippen molar-refractivity contribution in [3.63, 3.8) is 0 Å². The molecular formula is C13H22BrN3OS. The number of thiophene rings is 1. The number of hydrogen-bond donors (Lipinski definition) is 2. The number of halogens is 1. The molecule has 1 aromatic rings. The van der Waals surface area contributed by atoms with Gasteiger partial charge in [-0.3, -0.25) is 16.2 Å². The number of nitrogens with two attached hydrogens (primary N) is 1. The second-order valence-corrected chi connectivity index (χ2v) is 6.73. The van der Waals surface area contributed by atoms with Gasteiger partial charge in [0.15, 0.2) is 0 Å². The number of nitrogens with one attached hydrogen (secondary N) is 1. The highest BCUT2D eigenvalue weighted by molar-refractivity contribution is 9.10. The molecule has 0 amide bonds. The smallest absolute Gasteiger partial charge is 0.0872 e. The molecule has 1 aliphatic rings. The fourth-order valence-corrected chi connectivity index (χ4v) is 4.04. The molecule has 3 N–H and O–H groups in total. The zero-order valence-corrected chi connectivity index (χ0v) is 13.7. The number of nitrogens with zero attached hydrogens (tertiary/aromatic N) is 1. The predicted molar refractivity (Wildman–Crippen MR) is 83.3 cm³/mol. The lowest BCUT2D eigenvalue weighted by Gasteiger charge is -2.36. The summed E-state index contributed by atoms with van der Waals surface area (Å²) in [6.45, 7) is 6.15. The van der Waals surface area contributed by atoms with Crippen LogP contribution < -0.4 is 11.3 Å². The Morgan fingerprint density at radius 1 is 1.68 bits per heavy atom. The molecule has 2 heterocycles. The van der Waals surface area contributed by atoms with Crippen molar-refractivity contribution in [2.45, 2.75) is 31.9 Å². The monoisotopic (exact) mass is 347 g/mol. The first-order valence-corrected chi connectivity index (χ1v) is 8.43. The normalized spacial score (nSPS) is 22.6. The summed E-state index contributed by atoms with van der Waals surface area (Å²) in [6, 6.07) is 2.24. The van der Waals surface area contributed by atoms with Crippen molar-refractivity contribution in [1.82, 2.24) is 10.3 Å². The molecule has 0 aromatic carbocycles. The summed E-state index contributed by atoms with van der Waals surface area (Å²) in [4.78, 5) is 3.78. The van der Waals surface area contributed by atoms with E-state index in [-0.39, 0.29) is 12.1 Å². The van der Waals surface area contributed by atoms with E-state index in [1.54, 1.807) is 11.3 Å². The Bertz CT molecular complexity index is 386. The van der Waals surface area contributed by atoms with E-state index in [4.69, 9.17) is 10.6 Å². The maximum atomic E-state index is 5.90. The first kappa shape index (κ1) is 15.4. The maximum Gasteiger partial charge on any atom is 0.0872 e. The van der Waals surface area contributed by atoms with Crippen molar-refractivity contribution >= 4 is 27.3 Å². The molecule has 1 aromatic heterocycles. The van der Waals surface area contributed by atoms with Gasteiger partial charge in [-0.15, -0.1) is 11.3 Å². The lowest BCUT2D eigenvalue weighted by Crippen LogP contribution is -2.54. The molecule has 2 atom stereocenters. The molecule has 0 spiro atoms. The highest BCUT2D eigenvalue weighted by atomic mass is 79.9. The van der Waals surface area contributed by atoms with Crippen LogP contribution in [-0.2, 0) is 11.2 Å². The van der Waals surface area contributed by atoms with E-state index < -0.39 is 0 Å². The Morgan fingerprint density at radius 3 is 3.16 bits per heavy atom. The van der Waals surface area contributed by atoms with Gasteiger partial charge in [0.05, 0.1) is 18.8 Å². The van der Waals surface area contributed by atoms with Crippen LogP contribution in [-0.4, -0.2) is 43.3 Å². The Kier molecular flexibility index (Phi) is 6.25. The van der Waals surface area contributed by atoms with E-state index in [0.717, 1.165) is 32.7 Å². The molecule has 4 nitrogen and oxygen atoms in total. The van der Waals surface area contributed by atoms with Crippen LogP contribution in [0.2, 0.25) is 0 Å². The predicted octanol–water partition coefficient (Wildman–Crippen LogP) is 2.00. The van der Waals surface area contributed by atoms with Crippen LogP contribution in [0.1, 0.15) is 18.2 Å². The molecule has 19 heavy (non-hydrogen) atoms. The molecule has 2 unspecified atom stereocenters. The van der Waals surface area contributed by atoms with Crippen LogP contribution in [0.4, 0.5) is 0 Å². The first-order valence-electron chi connectivity index (χ1n) is 6.76. The van der Waals surface area contributed by atoms with Crippen LogP contribution in [0.5, 0.6) is 0 Å². The van der Waals surface area contributed by atoms with E-state index in [9.17, 15) is 0 Å². The number of ether oxygens (including phenoxy) is 1. The summed E-state index contributed by atoms with van der Waals surface area (Å²) in [5.74, 6) is 5.73.